The van der Waals surface area contributed by atoms with E-state index in [4.69, 9.17) is 0 Å². The molecule has 0 bridgehead atoms. The number of aliphatic hydroxyl groups excluding tert-OH is 1. The molecular formula is C15H26O2. The van der Waals surface area contributed by atoms with E-state index in [2.05, 4.69) is 13.2 Å². The highest BCUT2D eigenvalue weighted by Gasteiger charge is 2.44. The van der Waals surface area contributed by atoms with Gasteiger partial charge in [0.05, 0.1) is 12.2 Å². The first-order chi connectivity index (χ1) is 7.77. The van der Waals surface area contributed by atoms with Gasteiger partial charge in [-0.2, -0.15) is 0 Å². The highest BCUT2D eigenvalue weighted by atomic mass is 16.3. The Morgan fingerprint density at radius 1 is 1.53 bits per heavy atom. The second-order valence-electron chi connectivity index (χ2n) is 6.12. The Labute approximate surface area is 105 Å². The molecule has 1 rings (SSSR count). The third kappa shape index (κ3) is 2.80. The Balaban J connectivity index is 2.96. The minimum absolute atomic E-state index is 0.118. The Bertz CT molecular complexity index is 301. The summed E-state index contributed by atoms with van der Waals surface area (Å²) in [7, 11) is 0. The van der Waals surface area contributed by atoms with Crippen LogP contribution in [0.15, 0.2) is 24.8 Å². The lowest BCUT2D eigenvalue weighted by molar-refractivity contribution is -0.0382. The summed E-state index contributed by atoms with van der Waals surface area (Å²) in [5.74, 6) is 0.485. The number of hydrogen-bond donors (Lipinski definition) is 2. The van der Waals surface area contributed by atoms with Crippen LogP contribution in [0.4, 0.5) is 0 Å². The average Bonchev–Trinajstić information content (AvgIpc) is 2.26. The van der Waals surface area contributed by atoms with E-state index < -0.39 is 5.60 Å². The van der Waals surface area contributed by atoms with Crippen molar-refractivity contribution in [3.8, 4) is 0 Å². The van der Waals surface area contributed by atoms with Gasteiger partial charge in [0.2, 0.25) is 0 Å². The van der Waals surface area contributed by atoms with Gasteiger partial charge in [0.15, 0.2) is 0 Å². The highest BCUT2D eigenvalue weighted by Crippen LogP contribution is 2.49. The van der Waals surface area contributed by atoms with Gasteiger partial charge in [0.25, 0.3) is 0 Å². The van der Waals surface area contributed by atoms with Gasteiger partial charge in [0.1, 0.15) is 0 Å². The monoisotopic (exact) mass is 238 g/mol. The fourth-order valence-corrected chi connectivity index (χ4v) is 3.09. The minimum Gasteiger partial charge on any atom is -0.395 e. The maximum Gasteiger partial charge on any atom is 0.0620 e. The number of aliphatic hydroxyl groups is 2. The second kappa shape index (κ2) is 4.95. The predicted octanol–water partition coefficient (Wildman–Crippen LogP) is 2.91. The van der Waals surface area contributed by atoms with E-state index in [9.17, 15) is 10.2 Å². The van der Waals surface area contributed by atoms with Crippen LogP contribution in [-0.4, -0.2) is 22.4 Å². The molecule has 2 N–H and O–H groups in total. The van der Waals surface area contributed by atoms with Gasteiger partial charge in [-0.3, -0.25) is 0 Å². The third-order valence-electron chi connectivity index (χ3n) is 4.47. The standard InChI is InChI=1S/C15H26O2/c1-6-15(10-16)8-7-12(14(4,5)17)9-13(15)11(2)3/h6,12-13,16-17H,1-2,7-10H2,3-5H3/t12-,13+,15-/m1/s1. The van der Waals surface area contributed by atoms with Crippen LogP contribution in [-0.2, 0) is 0 Å². The summed E-state index contributed by atoms with van der Waals surface area (Å²) in [6.07, 6.45) is 4.57. The first-order valence-electron chi connectivity index (χ1n) is 6.39. The normalized spacial score (nSPS) is 34.4. The molecule has 0 heterocycles. The number of rotatable bonds is 4. The third-order valence-corrected chi connectivity index (χ3v) is 4.47. The van der Waals surface area contributed by atoms with Gasteiger partial charge in [-0.1, -0.05) is 18.2 Å². The lowest BCUT2D eigenvalue weighted by atomic mass is 9.59. The molecule has 2 heteroatoms. The predicted molar refractivity (Wildman–Crippen MR) is 71.7 cm³/mol. The Kier molecular flexibility index (Phi) is 4.21. The molecule has 98 valence electrons. The van der Waals surface area contributed by atoms with Gasteiger partial charge in [-0.15, -0.1) is 6.58 Å². The molecule has 0 saturated heterocycles. The highest BCUT2D eigenvalue weighted by molar-refractivity contribution is 5.14. The SMILES string of the molecule is C=C[C@]1(CO)CC[C@@H](C(C)(C)O)C[C@H]1C(=C)C. The molecule has 0 aromatic carbocycles. The topological polar surface area (TPSA) is 40.5 Å². The van der Waals surface area contributed by atoms with Crippen LogP contribution in [0.5, 0.6) is 0 Å². The first-order valence-corrected chi connectivity index (χ1v) is 6.39. The lowest BCUT2D eigenvalue weighted by Crippen LogP contribution is -2.44. The average molecular weight is 238 g/mol. The molecule has 3 atom stereocenters. The molecule has 0 unspecified atom stereocenters. The van der Waals surface area contributed by atoms with Crippen LogP contribution in [0.1, 0.15) is 40.0 Å². The summed E-state index contributed by atoms with van der Waals surface area (Å²) >= 11 is 0. The number of hydrogen-bond acceptors (Lipinski definition) is 2. The molecule has 1 aliphatic rings. The molecule has 17 heavy (non-hydrogen) atoms. The van der Waals surface area contributed by atoms with Crippen LogP contribution in [0.2, 0.25) is 0 Å². The van der Waals surface area contributed by atoms with Crippen molar-refractivity contribution in [3.63, 3.8) is 0 Å². The maximum absolute atomic E-state index is 10.1. The smallest absolute Gasteiger partial charge is 0.0620 e. The second-order valence-corrected chi connectivity index (χ2v) is 6.12. The Morgan fingerprint density at radius 2 is 2.12 bits per heavy atom. The van der Waals surface area contributed by atoms with Crippen molar-refractivity contribution in [1.82, 2.24) is 0 Å². The van der Waals surface area contributed by atoms with Crippen molar-refractivity contribution in [1.29, 1.82) is 0 Å². The van der Waals surface area contributed by atoms with E-state index in [1.807, 2.05) is 26.8 Å². The molecule has 2 nitrogen and oxygen atoms in total. The molecule has 1 aliphatic carbocycles. The van der Waals surface area contributed by atoms with E-state index in [1.54, 1.807) is 0 Å². The molecule has 0 aromatic rings. The van der Waals surface area contributed by atoms with Crippen molar-refractivity contribution in [3.05, 3.63) is 24.8 Å². The number of allylic oxidation sites excluding steroid dienone is 1. The zero-order valence-electron chi connectivity index (χ0n) is 11.4. The van der Waals surface area contributed by atoms with Crippen molar-refractivity contribution >= 4 is 0 Å². The van der Waals surface area contributed by atoms with Crippen LogP contribution >= 0.6 is 0 Å². The quantitative estimate of drug-likeness (QED) is 0.739. The maximum atomic E-state index is 10.1. The first kappa shape index (κ1) is 14.5. The minimum atomic E-state index is -0.656. The largest absolute Gasteiger partial charge is 0.395 e. The summed E-state index contributed by atoms with van der Waals surface area (Å²) in [6.45, 7) is 13.8. The summed E-state index contributed by atoms with van der Waals surface area (Å²) in [6, 6.07) is 0. The Hall–Kier alpha value is -0.600. The summed E-state index contributed by atoms with van der Waals surface area (Å²) < 4.78 is 0. The van der Waals surface area contributed by atoms with Crippen molar-refractivity contribution in [2.24, 2.45) is 17.3 Å². The molecule has 0 aliphatic heterocycles. The molecule has 1 saturated carbocycles. The summed E-state index contributed by atoms with van der Waals surface area (Å²) in [4.78, 5) is 0. The van der Waals surface area contributed by atoms with E-state index >= 15 is 0 Å². The Morgan fingerprint density at radius 3 is 2.47 bits per heavy atom. The zero-order valence-corrected chi connectivity index (χ0v) is 11.4. The van der Waals surface area contributed by atoms with Crippen molar-refractivity contribution in [2.45, 2.75) is 45.6 Å². The molecule has 0 radical (unpaired) electrons. The van der Waals surface area contributed by atoms with E-state index in [-0.39, 0.29) is 23.9 Å². The van der Waals surface area contributed by atoms with E-state index in [1.165, 1.54) is 0 Å². The van der Waals surface area contributed by atoms with Crippen molar-refractivity contribution in [2.75, 3.05) is 6.61 Å². The summed E-state index contributed by atoms with van der Waals surface area (Å²) in [5.41, 5.74) is 0.178. The van der Waals surface area contributed by atoms with Gasteiger partial charge in [-0.05, 0) is 51.9 Å². The fourth-order valence-electron chi connectivity index (χ4n) is 3.09. The molecule has 0 amide bonds. The lowest BCUT2D eigenvalue weighted by Gasteiger charge is -2.47. The van der Waals surface area contributed by atoms with Crippen LogP contribution in [0.25, 0.3) is 0 Å². The summed E-state index contributed by atoms with van der Waals surface area (Å²) in [5, 5.41) is 19.8. The van der Waals surface area contributed by atoms with E-state index in [0.717, 1.165) is 24.8 Å². The zero-order chi connectivity index (χ0) is 13.3. The van der Waals surface area contributed by atoms with Gasteiger partial charge in [0, 0.05) is 5.41 Å². The molecule has 1 fully saturated rings. The van der Waals surface area contributed by atoms with E-state index in [0.29, 0.717) is 0 Å². The van der Waals surface area contributed by atoms with Crippen LogP contribution < -0.4 is 0 Å². The van der Waals surface area contributed by atoms with Gasteiger partial charge in [-0.25, -0.2) is 0 Å². The van der Waals surface area contributed by atoms with Crippen molar-refractivity contribution < 1.29 is 10.2 Å². The molecular weight excluding hydrogens is 212 g/mol. The molecule has 0 spiro atoms. The van der Waals surface area contributed by atoms with Gasteiger partial charge >= 0.3 is 0 Å². The van der Waals surface area contributed by atoms with Crippen LogP contribution in [0, 0.1) is 17.3 Å². The fraction of sp³-hybridized carbons (Fsp3) is 0.733. The molecule has 0 aromatic heterocycles. The van der Waals surface area contributed by atoms with Crippen LogP contribution in [0.3, 0.4) is 0 Å². The van der Waals surface area contributed by atoms with Gasteiger partial charge < -0.3 is 10.2 Å².